The fourth-order valence-corrected chi connectivity index (χ4v) is 2.45. The van der Waals surface area contributed by atoms with Crippen LogP contribution < -0.4 is 4.74 Å². The molecule has 0 amide bonds. The van der Waals surface area contributed by atoms with E-state index in [0.717, 1.165) is 12.0 Å². The Balaban J connectivity index is 2.50. The lowest BCUT2D eigenvalue weighted by molar-refractivity contribution is 0.0697. The molecule has 0 aliphatic carbocycles. The van der Waals surface area contributed by atoms with E-state index < -0.39 is 11.4 Å². The van der Waals surface area contributed by atoms with Crippen LogP contribution >= 0.6 is 0 Å². The highest BCUT2D eigenvalue weighted by Gasteiger charge is 2.31. The Kier molecular flexibility index (Phi) is 4.40. The summed E-state index contributed by atoms with van der Waals surface area (Å²) in [5.74, 6) is -0.281. The van der Waals surface area contributed by atoms with Gasteiger partial charge in [0, 0.05) is 0 Å². The lowest BCUT2D eigenvalue weighted by Gasteiger charge is -2.29. The summed E-state index contributed by atoms with van der Waals surface area (Å²) in [5, 5.41) is 11.0. The van der Waals surface area contributed by atoms with Gasteiger partial charge < -0.3 is 9.84 Å². The van der Waals surface area contributed by atoms with E-state index in [1.54, 1.807) is 12.1 Å². The number of benzene rings is 2. The predicted molar refractivity (Wildman–Crippen MR) is 77.3 cm³/mol. The minimum Gasteiger partial charge on any atom is -0.494 e. The molecule has 2 nitrogen and oxygen atoms in total. The number of halogens is 1. The van der Waals surface area contributed by atoms with Crippen LogP contribution in [0.1, 0.15) is 30.9 Å². The van der Waals surface area contributed by atoms with Gasteiger partial charge >= 0.3 is 0 Å². The molecule has 1 N–H and O–H groups in total. The molecular formula is C17H19FO2. The molecule has 2 aromatic rings. The first-order valence-electron chi connectivity index (χ1n) is 6.73. The largest absolute Gasteiger partial charge is 0.494 e. The van der Waals surface area contributed by atoms with Crippen molar-refractivity contribution in [2.45, 2.75) is 25.4 Å². The number of hydrogen-bond acceptors (Lipinski definition) is 2. The van der Waals surface area contributed by atoms with E-state index in [1.807, 2.05) is 37.3 Å². The highest BCUT2D eigenvalue weighted by Crippen LogP contribution is 2.35. The summed E-state index contributed by atoms with van der Waals surface area (Å²) >= 11 is 0. The molecule has 0 aliphatic rings. The maximum atomic E-state index is 13.9. The molecule has 0 saturated carbocycles. The van der Waals surface area contributed by atoms with Crippen molar-refractivity contribution in [2.24, 2.45) is 0 Å². The third kappa shape index (κ3) is 2.68. The lowest BCUT2D eigenvalue weighted by atomic mass is 9.83. The fraction of sp³-hybridized carbons (Fsp3) is 0.294. The molecule has 2 rings (SSSR count). The maximum Gasteiger partial charge on any atom is 0.165 e. The van der Waals surface area contributed by atoms with E-state index in [9.17, 15) is 9.50 Å². The fourth-order valence-electron chi connectivity index (χ4n) is 2.45. The van der Waals surface area contributed by atoms with E-state index in [4.69, 9.17) is 4.74 Å². The number of methoxy groups -OCH3 is 1. The highest BCUT2D eigenvalue weighted by atomic mass is 19.1. The first-order valence-corrected chi connectivity index (χ1v) is 6.73. The highest BCUT2D eigenvalue weighted by molar-refractivity contribution is 5.39. The molecule has 0 fully saturated rings. The van der Waals surface area contributed by atoms with Crippen molar-refractivity contribution in [1.29, 1.82) is 0 Å². The smallest absolute Gasteiger partial charge is 0.165 e. The molecule has 0 saturated heterocycles. The van der Waals surface area contributed by atoms with Gasteiger partial charge in [-0.2, -0.15) is 0 Å². The Labute approximate surface area is 118 Å². The monoisotopic (exact) mass is 274 g/mol. The van der Waals surface area contributed by atoms with Gasteiger partial charge in [-0.15, -0.1) is 0 Å². The van der Waals surface area contributed by atoms with Gasteiger partial charge in [0.25, 0.3) is 0 Å². The topological polar surface area (TPSA) is 29.5 Å². The number of aliphatic hydroxyl groups is 1. The van der Waals surface area contributed by atoms with Crippen LogP contribution in [0.5, 0.6) is 5.75 Å². The van der Waals surface area contributed by atoms with E-state index in [1.165, 1.54) is 13.2 Å². The molecule has 106 valence electrons. The Bertz CT molecular complexity index is 568. The SMILES string of the molecule is CCCC(O)(c1ccccc1)c1ccc(OC)c(F)c1. The van der Waals surface area contributed by atoms with Gasteiger partial charge in [-0.1, -0.05) is 49.7 Å². The van der Waals surface area contributed by atoms with Gasteiger partial charge in [0.05, 0.1) is 7.11 Å². The average molecular weight is 274 g/mol. The molecule has 0 spiro atoms. The Morgan fingerprint density at radius 2 is 1.80 bits per heavy atom. The quantitative estimate of drug-likeness (QED) is 0.896. The summed E-state index contributed by atoms with van der Waals surface area (Å²) in [6, 6.07) is 14.0. The first-order chi connectivity index (χ1) is 9.61. The molecule has 20 heavy (non-hydrogen) atoms. The Hall–Kier alpha value is -1.87. The molecule has 0 aliphatic heterocycles. The summed E-state index contributed by atoms with van der Waals surface area (Å²) in [7, 11) is 1.42. The van der Waals surface area contributed by atoms with Crippen molar-refractivity contribution in [3.63, 3.8) is 0 Å². The minimum absolute atomic E-state index is 0.181. The number of rotatable bonds is 5. The average Bonchev–Trinajstić information content (AvgIpc) is 2.48. The van der Waals surface area contributed by atoms with Crippen molar-refractivity contribution >= 4 is 0 Å². The van der Waals surface area contributed by atoms with Crippen LogP contribution in [0.3, 0.4) is 0 Å². The van der Waals surface area contributed by atoms with Crippen LogP contribution in [0.25, 0.3) is 0 Å². The Morgan fingerprint density at radius 1 is 1.10 bits per heavy atom. The third-order valence-electron chi connectivity index (χ3n) is 3.49. The predicted octanol–water partition coefficient (Wildman–Crippen LogP) is 3.87. The number of hydrogen-bond donors (Lipinski definition) is 1. The van der Waals surface area contributed by atoms with Crippen molar-refractivity contribution in [3.05, 3.63) is 65.5 Å². The molecule has 0 heterocycles. The molecule has 0 bridgehead atoms. The van der Waals surface area contributed by atoms with Crippen LogP contribution in [0.2, 0.25) is 0 Å². The standard InChI is InChI=1S/C17H19FO2/c1-3-11-17(19,13-7-5-4-6-8-13)14-9-10-16(20-2)15(18)12-14/h4-10,12,19H,3,11H2,1-2H3. The second-order valence-electron chi connectivity index (χ2n) is 4.83. The minimum atomic E-state index is -1.18. The summed E-state index contributed by atoms with van der Waals surface area (Å²) < 4.78 is 18.8. The lowest BCUT2D eigenvalue weighted by Crippen LogP contribution is -2.27. The third-order valence-corrected chi connectivity index (χ3v) is 3.49. The van der Waals surface area contributed by atoms with Crippen molar-refractivity contribution in [3.8, 4) is 5.75 Å². The van der Waals surface area contributed by atoms with Crippen molar-refractivity contribution < 1.29 is 14.2 Å². The molecule has 0 radical (unpaired) electrons. The number of ether oxygens (including phenoxy) is 1. The van der Waals surface area contributed by atoms with Gasteiger partial charge in [-0.05, 0) is 29.7 Å². The van der Waals surface area contributed by atoms with Gasteiger partial charge in [-0.25, -0.2) is 4.39 Å². The molecule has 3 heteroatoms. The van der Waals surface area contributed by atoms with Crippen LogP contribution in [-0.4, -0.2) is 12.2 Å². The Morgan fingerprint density at radius 3 is 2.35 bits per heavy atom. The van der Waals surface area contributed by atoms with E-state index in [-0.39, 0.29) is 5.75 Å². The second kappa shape index (κ2) is 6.06. The van der Waals surface area contributed by atoms with Crippen LogP contribution in [-0.2, 0) is 5.60 Å². The molecule has 1 unspecified atom stereocenters. The normalized spacial score (nSPS) is 13.8. The second-order valence-corrected chi connectivity index (χ2v) is 4.83. The zero-order valence-corrected chi connectivity index (χ0v) is 11.8. The van der Waals surface area contributed by atoms with Crippen molar-refractivity contribution in [1.82, 2.24) is 0 Å². The molecule has 1 atom stereocenters. The molecule has 0 aromatic heterocycles. The van der Waals surface area contributed by atoms with E-state index >= 15 is 0 Å². The van der Waals surface area contributed by atoms with Gasteiger partial charge in [0.2, 0.25) is 0 Å². The first kappa shape index (κ1) is 14.5. The summed E-state index contributed by atoms with van der Waals surface area (Å²) in [4.78, 5) is 0. The van der Waals surface area contributed by atoms with Crippen molar-refractivity contribution in [2.75, 3.05) is 7.11 Å². The zero-order chi connectivity index (χ0) is 14.6. The van der Waals surface area contributed by atoms with Gasteiger partial charge in [0.1, 0.15) is 5.60 Å². The van der Waals surface area contributed by atoms with Crippen LogP contribution in [0, 0.1) is 5.82 Å². The van der Waals surface area contributed by atoms with E-state index in [2.05, 4.69) is 0 Å². The van der Waals surface area contributed by atoms with E-state index in [0.29, 0.717) is 12.0 Å². The summed E-state index contributed by atoms with van der Waals surface area (Å²) in [6.45, 7) is 1.99. The van der Waals surface area contributed by atoms with Crippen LogP contribution in [0.4, 0.5) is 4.39 Å². The molecule has 2 aromatic carbocycles. The van der Waals surface area contributed by atoms with Gasteiger partial charge in [0.15, 0.2) is 11.6 Å². The maximum absolute atomic E-state index is 13.9. The van der Waals surface area contributed by atoms with Gasteiger partial charge in [-0.3, -0.25) is 0 Å². The summed E-state index contributed by atoms with van der Waals surface area (Å²) in [6.07, 6.45) is 1.32. The summed E-state index contributed by atoms with van der Waals surface area (Å²) in [5.41, 5.74) is 0.138. The zero-order valence-electron chi connectivity index (χ0n) is 11.8. The van der Waals surface area contributed by atoms with Crippen LogP contribution in [0.15, 0.2) is 48.5 Å². The molecular weight excluding hydrogens is 255 g/mol.